The van der Waals surface area contributed by atoms with Crippen molar-refractivity contribution >= 4 is 21.7 Å². The molecule has 2 aromatic rings. The summed E-state index contributed by atoms with van der Waals surface area (Å²) < 4.78 is 7.52. The van der Waals surface area contributed by atoms with Crippen LogP contribution in [0.3, 0.4) is 0 Å². The van der Waals surface area contributed by atoms with Crippen LogP contribution in [0.25, 0.3) is 11.5 Å². The zero-order valence-corrected chi connectivity index (χ0v) is 9.44. The van der Waals surface area contributed by atoms with Gasteiger partial charge in [-0.15, -0.1) is 0 Å². The third kappa shape index (κ3) is 2.05. The first-order valence-corrected chi connectivity index (χ1v) is 5.20. The molecule has 0 spiro atoms. The van der Waals surface area contributed by atoms with Crippen LogP contribution in [-0.2, 0) is 6.54 Å². The number of halogens is 1. The first-order chi connectivity index (χ1) is 7.20. The minimum atomic E-state index is 0.00711. The fourth-order valence-electron chi connectivity index (χ4n) is 1.28. The molecule has 0 aromatic carbocycles. The first kappa shape index (κ1) is 10.3. The van der Waals surface area contributed by atoms with E-state index in [1.807, 2.05) is 0 Å². The zero-order valence-electron chi connectivity index (χ0n) is 7.85. The number of nitrogen functional groups attached to an aromatic ring is 1. The molecule has 0 atom stereocenters. The summed E-state index contributed by atoms with van der Waals surface area (Å²) in [6.45, 7) is 0.390. The maximum atomic E-state index is 8.78. The number of aliphatic hydroxyl groups is 1. The number of hydrogen-bond acceptors (Lipinski definition) is 4. The quantitative estimate of drug-likeness (QED) is 0.887. The second-order valence-electron chi connectivity index (χ2n) is 3.00. The van der Waals surface area contributed by atoms with Crippen molar-refractivity contribution in [2.75, 3.05) is 12.3 Å². The van der Waals surface area contributed by atoms with Gasteiger partial charge in [0.2, 0.25) is 0 Å². The summed E-state index contributed by atoms with van der Waals surface area (Å²) in [5, 5.41) is 13.0. The molecule has 0 unspecified atom stereocenters. The average molecular weight is 272 g/mol. The second-order valence-corrected chi connectivity index (χ2v) is 3.79. The molecule has 0 fully saturated rings. The first-order valence-electron chi connectivity index (χ1n) is 4.40. The fourth-order valence-corrected chi connectivity index (χ4v) is 1.58. The van der Waals surface area contributed by atoms with E-state index in [0.29, 0.717) is 28.5 Å². The molecular weight excluding hydrogens is 262 g/mol. The Hall–Kier alpha value is -1.27. The molecule has 2 aromatic heterocycles. The van der Waals surface area contributed by atoms with Gasteiger partial charge in [0, 0.05) is 6.07 Å². The Bertz CT molecular complexity index is 464. The molecule has 0 radical (unpaired) electrons. The lowest BCUT2D eigenvalue weighted by molar-refractivity contribution is 0.270. The van der Waals surface area contributed by atoms with E-state index in [9.17, 15) is 0 Å². The molecule has 5 nitrogen and oxygen atoms in total. The highest BCUT2D eigenvalue weighted by atomic mass is 79.9. The lowest BCUT2D eigenvalue weighted by Gasteiger charge is -1.98. The van der Waals surface area contributed by atoms with Crippen LogP contribution in [0, 0.1) is 0 Å². The monoisotopic (exact) mass is 271 g/mol. The second kappa shape index (κ2) is 4.08. The minimum absolute atomic E-state index is 0.00711. The summed E-state index contributed by atoms with van der Waals surface area (Å²) >= 11 is 3.21. The van der Waals surface area contributed by atoms with Crippen LogP contribution in [0.1, 0.15) is 0 Å². The summed E-state index contributed by atoms with van der Waals surface area (Å²) in [7, 11) is 0. The van der Waals surface area contributed by atoms with Gasteiger partial charge in [-0.25, -0.2) is 4.68 Å². The third-order valence-electron chi connectivity index (χ3n) is 1.95. The standard InChI is InChI=1S/C9H10BrN3O2/c10-8-2-1-7(15-8)6-5-9(11)13(12-6)3-4-14/h1-2,5,14H,3-4,11H2. The number of hydrogen-bond donors (Lipinski definition) is 2. The van der Waals surface area contributed by atoms with Gasteiger partial charge in [-0.1, -0.05) is 0 Å². The Labute approximate surface area is 94.6 Å². The fraction of sp³-hybridized carbons (Fsp3) is 0.222. The van der Waals surface area contributed by atoms with Gasteiger partial charge in [0.15, 0.2) is 10.4 Å². The van der Waals surface area contributed by atoms with E-state index in [1.165, 1.54) is 4.68 Å². The van der Waals surface area contributed by atoms with Crippen molar-refractivity contribution in [1.82, 2.24) is 9.78 Å². The maximum absolute atomic E-state index is 8.78. The number of anilines is 1. The van der Waals surface area contributed by atoms with E-state index >= 15 is 0 Å². The van der Waals surface area contributed by atoms with Crippen molar-refractivity contribution in [2.24, 2.45) is 0 Å². The molecule has 6 heteroatoms. The molecule has 0 bridgehead atoms. The van der Waals surface area contributed by atoms with Crippen LogP contribution >= 0.6 is 15.9 Å². The Balaban J connectivity index is 2.33. The smallest absolute Gasteiger partial charge is 0.169 e. The van der Waals surface area contributed by atoms with Crippen LogP contribution in [0.5, 0.6) is 0 Å². The molecule has 0 aliphatic heterocycles. The molecule has 0 aliphatic carbocycles. The van der Waals surface area contributed by atoms with Crippen molar-refractivity contribution in [3.8, 4) is 11.5 Å². The van der Waals surface area contributed by atoms with Gasteiger partial charge in [-0.05, 0) is 28.1 Å². The van der Waals surface area contributed by atoms with Gasteiger partial charge < -0.3 is 15.3 Å². The summed E-state index contributed by atoms with van der Waals surface area (Å²) in [5.41, 5.74) is 6.37. The normalized spacial score (nSPS) is 10.8. The van der Waals surface area contributed by atoms with Crippen LogP contribution in [0.15, 0.2) is 27.3 Å². The third-order valence-corrected chi connectivity index (χ3v) is 2.37. The van der Waals surface area contributed by atoms with Crippen molar-refractivity contribution in [3.63, 3.8) is 0 Å². The van der Waals surface area contributed by atoms with Gasteiger partial charge >= 0.3 is 0 Å². The highest BCUT2D eigenvalue weighted by molar-refractivity contribution is 9.10. The Morgan fingerprint density at radius 1 is 1.53 bits per heavy atom. The predicted octanol–water partition coefficient (Wildman–Crippen LogP) is 1.48. The number of nitrogens with two attached hydrogens (primary N) is 1. The largest absolute Gasteiger partial charge is 0.448 e. The average Bonchev–Trinajstić information content (AvgIpc) is 2.75. The predicted molar refractivity (Wildman–Crippen MR) is 59.1 cm³/mol. The van der Waals surface area contributed by atoms with Gasteiger partial charge in [0.25, 0.3) is 0 Å². The Morgan fingerprint density at radius 3 is 2.93 bits per heavy atom. The molecule has 80 valence electrons. The molecule has 3 N–H and O–H groups in total. The van der Waals surface area contributed by atoms with Crippen LogP contribution in [0.4, 0.5) is 5.82 Å². The number of rotatable bonds is 3. The van der Waals surface area contributed by atoms with Crippen molar-refractivity contribution in [3.05, 3.63) is 22.9 Å². The zero-order chi connectivity index (χ0) is 10.8. The molecular formula is C9H10BrN3O2. The van der Waals surface area contributed by atoms with E-state index in [4.69, 9.17) is 15.3 Å². The van der Waals surface area contributed by atoms with E-state index in [1.54, 1.807) is 18.2 Å². The van der Waals surface area contributed by atoms with Gasteiger partial charge in [-0.2, -0.15) is 5.10 Å². The van der Waals surface area contributed by atoms with E-state index in [0.717, 1.165) is 0 Å². The summed E-state index contributed by atoms with van der Waals surface area (Å²) in [5.74, 6) is 1.15. The van der Waals surface area contributed by atoms with Crippen molar-refractivity contribution < 1.29 is 9.52 Å². The van der Waals surface area contributed by atoms with E-state index < -0.39 is 0 Å². The van der Waals surface area contributed by atoms with Gasteiger partial charge in [-0.3, -0.25) is 0 Å². The number of furan rings is 1. The highest BCUT2D eigenvalue weighted by Gasteiger charge is 2.09. The number of aliphatic hydroxyl groups excluding tert-OH is 1. The van der Waals surface area contributed by atoms with Gasteiger partial charge in [0.05, 0.1) is 13.2 Å². The summed E-state index contributed by atoms with van der Waals surface area (Å²) in [4.78, 5) is 0. The minimum Gasteiger partial charge on any atom is -0.448 e. The lowest BCUT2D eigenvalue weighted by atomic mass is 10.3. The summed E-state index contributed by atoms with van der Waals surface area (Å²) in [6.07, 6.45) is 0. The molecule has 0 amide bonds. The molecule has 0 saturated heterocycles. The number of aromatic nitrogens is 2. The highest BCUT2D eigenvalue weighted by Crippen LogP contribution is 2.25. The van der Waals surface area contributed by atoms with E-state index in [-0.39, 0.29) is 6.61 Å². The van der Waals surface area contributed by atoms with Crippen LogP contribution < -0.4 is 5.73 Å². The Morgan fingerprint density at radius 2 is 2.33 bits per heavy atom. The van der Waals surface area contributed by atoms with Crippen molar-refractivity contribution in [2.45, 2.75) is 6.54 Å². The summed E-state index contributed by atoms with van der Waals surface area (Å²) in [6, 6.07) is 5.30. The van der Waals surface area contributed by atoms with Crippen LogP contribution in [-0.4, -0.2) is 21.5 Å². The molecule has 0 aliphatic rings. The molecule has 15 heavy (non-hydrogen) atoms. The molecule has 2 rings (SSSR count). The van der Waals surface area contributed by atoms with E-state index in [2.05, 4.69) is 21.0 Å². The Kier molecular flexibility index (Phi) is 2.79. The van der Waals surface area contributed by atoms with Gasteiger partial charge in [0.1, 0.15) is 11.5 Å². The molecule has 2 heterocycles. The topological polar surface area (TPSA) is 77.2 Å². The van der Waals surface area contributed by atoms with Crippen LogP contribution in [0.2, 0.25) is 0 Å². The van der Waals surface area contributed by atoms with Crippen molar-refractivity contribution in [1.29, 1.82) is 0 Å². The number of nitrogens with zero attached hydrogens (tertiary/aromatic N) is 2. The molecule has 0 saturated carbocycles. The SMILES string of the molecule is Nc1cc(-c2ccc(Br)o2)nn1CCO. The maximum Gasteiger partial charge on any atom is 0.169 e. The lowest BCUT2D eigenvalue weighted by Crippen LogP contribution is -2.07.